The number of halogens is 3. The summed E-state index contributed by atoms with van der Waals surface area (Å²) in [7, 11) is 0.251. The Balaban J connectivity index is 1.99. The molecule has 3 aromatic rings. The number of anilines is 4. The number of rotatable bonds is 6. The summed E-state index contributed by atoms with van der Waals surface area (Å²) in [5.41, 5.74) is -0.266. The van der Waals surface area contributed by atoms with E-state index in [1.54, 1.807) is 51.6 Å². The highest BCUT2D eigenvalue weighted by atomic mass is 31.2. The Hall–Kier alpha value is -3.40. The summed E-state index contributed by atoms with van der Waals surface area (Å²) >= 11 is 0. The highest BCUT2D eigenvalue weighted by molar-refractivity contribution is 7.70. The number of benzene rings is 1. The number of hydrogen-bond acceptors (Lipinski definition) is 8. The maximum Gasteiger partial charge on any atom is 0.421 e. The first kappa shape index (κ1) is 24.2. The SMILES string of the molecule is COC(=O)c1c(Nc2nc(Nc3ccc(P(C)(C)=O)cc3)ncc2C(F)(F)F)nn(C)c1C. The first-order valence-corrected chi connectivity index (χ1v) is 12.2. The van der Waals surface area contributed by atoms with Crippen LogP contribution in [0.25, 0.3) is 0 Å². The second-order valence-electron chi connectivity index (χ2n) is 7.53. The lowest BCUT2D eigenvalue weighted by atomic mass is 10.2. The second-order valence-corrected chi connectivity index (χ2v) is 10.7. The summed E-state index contributed by atoms with van der Waals surface area (Å²) in [5.74, 6) is -1.61. The van der Waals surface area contributed by atoms with Crippen molar-refractivity contribution in [1.29, 1.82) is 0 Å². The minimum Gasteiger partial charge on any atom is -0.465 e. The summed E-state index contributed by atoms with van der Waals surface area (Å²) < 4.78 is 59.0. The van der Waals surface area contributed by atoms with E-state index < -0.39 is 30.7 Å². The average molecular weight is 482 g/mol. The van der Waals surface area contributed by atoms with Gasteiger partial charge in [-0.05, 0) is 44.5 Å². The van der Waals surface area contributed by atoms with E-state index in [1.807, 2.05) is 0 Å². The lowest BCUT2D eigenvalue weighted by Gasteiger charge is -2.14. The molecule has 13 heteroatoms. The molecule has 0 amide bonds. The first-order valence-electron chi connectivity index (χ1n) is 9.57. The third-order valence-electron chi connectivity index (χ3n) is 4.80. The number of nitrogens with zero attached hydrogens (tertiary/aromatic N) is 4. The van der Waals surface area contributed by atoms with Gasteiger partial charge < -0.3 is 19.9 Å². The standard InChI is InChI=1S/C20H22F3N6O3P/c1-11-15(18(30)32-3)17(28-29(11)2)26-16-14(20(21,22)23)10-24-19(27-16)25-12-6-8-13(9-7-12)33(4,5)31/h6-10H,1-5H3,(H2,24,25,26,27,28). The average Bonchev–Trinajstić information content (AvgIpc) is 2.99. The van der Waals surface area contributed by atoms with E-state index in [0.717, 1.165) is 7.11 Å². The molecular formula is C20H22F3N6O3P. The van der Waals surface area contributed by atoms with Crippen LogP contribution in [0.4, 0.5) is 36.4 Å². The monoisotopic (exact) mass is 482 g/mol. The van der Waals surface area contributed by atoms with E-state index in [9.17, 15) is 22.5 Å². The van der Waals surface area contributed by atoms with Gasteiger partial charge in [0.25, 0.3) is 0 Å². The molecule has 0 bridgehead atoms. The number of hydrogen-bond donors (Lipinski definition) is 2. The molecule has 3 rings (SSSR count). The minimum absolute atomic E-state index is 0.0135. The van der Waals surface area contributed by atoms with E-state index in [4.69, 9.17) is 4.74 Å². The van der Waals surface area contributed by atoms with Crippen LogP contribution in [0.5, 0.6) is 0 Å². The fraction of sp³-hybridized carbons (Fsp3) is 0.300. The normalized spacial score (nSPS) is 11.9. The molecule has 0 saturated heterocycles. The van der Waals surface area contributed by atoms with Gasteiger partial charge in [-0.1, -0.05) is 0 Å². The number of carbonyl (C=O) groups is 1. The van der Waals surface area contributed by atoms with Crippen molar-refractivity contribution in [3.63, 3.8) is 0 Å². The molecule has 2 heterocycles. The molecule has 0 aliphatic rings. The summed E-state index contributed by atoms with van der Waals surface area (Å²) in [6, 6.07) is 6.57. The molecule has 176 valence electrons. The molecule has 2 aromatic heterocycles. The fourth-order valence-electron chi connectivity index (χ4n) is 2.93. The molecular weight excluding hydrogens is 460 g/mol. The van der Waals surface area contributed by atoms with Crippen molar-refractivity contribution in [2.24, 2.45) is 7.05 Å². The van der Waals surface area contributed by atoms with Crippen LogP contribution in [0.15, 0.2) is 30.5 Å². The molecule has 0 unspecified atom stereocenters. The van der Waals surface area contributed by atoms with Gasteiger partial charge >= 0.3 is 12.1 Å². The highest BCUT2D eigenvalue weighted by Gasteiger charge is 2.36. The molecule has 1 aromatic carbocycles. The van der Waals surface area contributed by atoms with Crippen LogP contribution < -0.4 is 15.9 Å². The zero-order valence-corrected chi connectivity index (χ0v) is 19.4. The van der Waals surface area contributed by atoms with E-state index in [0.29, 0.717) is 22.9 Å². The number of aromatic nitrogens is 4. The Morgan fingerprint density at radius 2 is 1.76 bits per heavy atom. The fourth-order valence-corrected chi connectivity index (χ4v) is 3.80. The molecule has 0 fully saturated rings. The third-order valence-corrected chi connectivity index (χ3v) is 6.34. The van der Waals surface area contributed by atoms with Gasteiger partial charge in [-0.25, -0.2) is 9.78 Å². The molecule has 0 aliphatic carbocycles. The van der Waals surface area contributed by atoms with Crippen molar-refractivity contribution in [3.05, 3.63) is 47.3 Å². The van der Waals surface area contributed by atoms with Crippen LogP contribution in [0.3, 0.4) is 0 Å². The third kappa shape index (κ3) is 5.33. The minimum atomic E-state index is -4.76. The van der Waals surface area contributed by atoms with Crippen LogP contribution >= 0.6 is 7.14 Å². The summed E-state index contributed by atoms with van der Waals surface area (Å²) in [6.45, 7) is 4.85. The van der Waals surface area contributed by atoms with Crippen LogP contribution in [-0.2, 0) is 22.5 Å². The number of ether oxygens (including phenoxy) is 1. The number of nitrogens with one attached hydrogen (secondary N) is 2. The summed E-state index contributed by atoms with van der Waals surface area (Å²) in [4.78, 5) is 19.9. The van der Waals surface area contributed by atoms with Crippen molar-refractivity contribution in [2.45, 2.75) is 13.1 Å². The maximum atomic E-state index is 13.6. The van der Waals surface area contributed by atoms with Gasteiger partial charge in [0.1, 0.15) is 24.1 Å². The van der Waals surface area contributed by atoms with Crippen molar-refractivity contribution >= 4 is 41.7 Å². The molecule has 0 aliphatic heterocycles. The molecule has 9 nitrogen and oxygen atoms in total. The molecule has 2 N–H and O–H groups in total. The molecule has 33 heavy (non-hydrogen) atoms. The van der Waals surface area contributed by atoms with E-state index in [-0.39, 0.29) is 17.3 Å². The molecule has 0 radical (unpaired) electrons. The predicted molar refractivity (Wildman–Crippen MR) is 118 cm³/mol. The topological polar surface area (TPSA) is 111 Å². The summed E-state index contributed by atoms with van der Waals surface area (Å²) in [5, 5.41) is 10.0. The van der Waals surface area contributed by atoms with Crippen molar-refractivity contribution in [3.8, 4) is 0 Å². The lowest BCUT2D eigenvalue weighted by Crippen LogP contribution is -2.14. The highest BCUT2D eigenvalue weighted by Crippen LogP contribution is 2.37. The maximum absolute atomic E-state index is 13.6. The number of methoxy groups -OCH3 is 1. The van der Waals surface area contributed by atoms with E-state index >= 15 is 0 Å². The van der Waals surface area contributed by atoms with Gasteiger partial charge in [0.05, 0.1) is 12.8 Å². The van der Waals surface area contributed by atoms with Crippen molar-refractivity contribution < 1.29 is 27.3 Å². The zero-order chi connectivity index (χ0) is 24.6. The van der Waals surface area contributed by atoms with Crippen molar-refractivity contribution in [2.75, 3.05) is 31.1 Å². The first-order chi connectivity index (χ1) is 15.3. The van der Waals surface area contributed by atoms with Gasteiger partial charge in [-0.3, -0.25) is 4.68 Å². The number of aryl methyl sites for hydroxylation is 1. The van der Waals surface area contributed by atoms with Gasteiger partial charge in [-0.15, -0.1) is 0 Å². The Labute approximate surface area is 187 Å². The Morgan fingerprint density at radius 3 is 2.30 bits per heavy atom. The van der Waals surface area contributed by atoms with Crippen molar-refractivity contribution in [1.82, 2.24) is 19.7 Å². The van der Waals surface area contributed by atoms with Gasteiger partial charge in [0, 0.05) is 24.2 Å². The van der Waals surface area contributed by atoms with Gasteiger partial charge in [0.15, 0.2) is 5.82 Å². The lowest BCUT2D eigenvalue weighted by molar-refractivity contribution is -0.137. The second kappa shape index (κ2) is 8.86. The number of alkyl halides is 3. The van der Waals surface area contributed by atoms with Crippen LogP contribution in [0, 0.1) is 6.92 Å². The Bertz CT molecular complexity index is 1240. The van der Waals surface area contributed by atoms with E-state index in [1.165, 1.54) is 4.68 Å². The van der Waals surface area contributed by atoms with Gasteiger partial charge in [0.2, 0.25) is 5.95 Å². The quantitative estimate of drug-likeness (QED) is 0.400. The Kier molecular flexibility index (Phi) is 6.51. The Morgan fingerprint density at radius 1 is 1.12 bits per heavy atom. The van der Waals surface area contributed by atoms with Crippen LogP contribution in [-0.4, -0.2) is 46.2 Å². The van der Waals surface area contributed by atoms with Crippen LogP contribution in [0.2, 0.25) is 0 Å². The largest absolute Gasteiger partial charge is 0.465 e. The molecule has 0 saturated carbocycles. The smallest absolute Gasteiger partial charge is 0.421 e. The van der Waals surface area contributed by atoms with Gasteiger partial charge in [-0.2, -0.15) is 23.3 Å². The summed E-state index contributed by atoms with van der Waals surface area (Å²) in [6.07, 6.45) is -4.13. The molecule has 0 spiro atoms. The predicted octanol–water partition coefficient (Wildman–Crippen LogP) is 4.06. The number of carbonyl (C=O) groups excluding carboxylic acids is 1. The molecule has 0 atom stereocenters. The number of esters is 1. The van der Waals surface area contributed by atoms with E-state index in [2.05, 4.69) is 25.7 Å². The zero-order valence-electron chi connectivity index (χ0n) is 18.5. The van der Waals surface area contributed by atoms with Crippen LogP contribution in [0.1, 0.15) is 21.6 Å².